The van der Waals surface area contributed by atoms with Crippen molar-refractivity contribution in [2.75, 3.05) is 19.7 Å². The van der Waals surface area contributed by atoms with Crippen molar-refractivity contribution in [3.05, 3.63) is 59.7 Å². The second kappa shape index (κ2) is 9.42. The molecule has 0 atom stereocenters. The van der Waals surface area contributed by atoms with Crippen LogP contribution in [-0.4, -0.2) is 42.8 Å². The molecule has 0 unspecified atom stereocenters. The number of nitrogens with one attached hydrogen (secondary N) is 2. The minimum absolute atomic E-state index is 0.00647. The fraction of sp³-hybridized carbons (Fsp3) is 0.400. The van der Waals surface area contributed by atoms with Crippen molar-refractivity contribution in [1.29, 1.82) is 0 Å². The van der Waals surface area contributed by atoms with Gasteiger partial charge in [-0.3, -0.25) is 9.59 Å². The molecule has 1 fully saturated rings. The third kappa shape index (κ3) is 4.47. The first-order chi connectivity index (χ1) is 15.5. The molecule has 0 spiro atoms. The van der Waals surface area contributed by atoms with E-state index in [1.165, 1.54) is 11.1 Å². The minimum Gasteiger partial charge on any atom is -0.481 e. The molecule has 4 rings (SSSR count). The highest BCUT2D eigenvalue weighted by molar-refractivity contribution is 5.80. The maximum Gasteiger partial charge on any atom is 0.407 e. The fourth-order valence-electron chi connectivity index (χ4n) is 4.51. The smallest absolute Gasteiger partial charge is 0.407 e. The Bertz CT molecular complexity index is 969. The van der Waals surface area contributed by atoms with Crippen molar-refractivity contribution in [3.63, 3.8) is 0 Å². The van der Waals surface area contributed by atoms with Gasteiger partial charge >= 0.3 is 12.1 Å². The predicted octanol–water partition coefficient (Wildman–Crippen LogP) is 3.68. The second-order valence-electron chi connectivity index (χ2n) is 8.57. The highest BCUT2D eigenvalue weighted by Gasteiger charge is 2.44. The minimum atomic E-state index is -0.846. The van der Waals surface area contributed by atoms with Gasteiger partial charge in [-0.05, 0) is 41.5 Å². The Kier molecular flexibility index (Phi) is 6.44. The first kappa shape index (κ1) is 21.9. The van der Waals surface area contributed by atoms with Crippen LogP contribution in [0.5, 0.6) is 0 Å². The summed E-state index contributed by atoms with van der Waals surface area (Å²) >= 11 is 0. The van der Waals surface area contributed by atoms with Crippen LogP contribution in [0.2, 0.25) is 0 Å². The van der Waals surface area contributed by atoms with Gasteiger partial charge in [0.05, 0.1) is 5.41 Å². The second-order valence-corrected chi connectivity index (χ2v) is 8.57. The van der Waals surface area contributed by atoms with E-state index < -0.39 is 17.5 Å². The summed E-state index contributed by atoms with van der Waals surface area (Å²) in [6, 6.07) is 16.3. The standard InChI is InChI=1S/C25H28N2O5/c28-22(27-16-25(23(29)30)12-6-13-25)11-5-14-26-24(31)32-15-21-19-9-3-1-7-17(19)18-8-2-4-10-20(18)21/h1-4,7-10,21H,5-6,11-16H2,(H,26,31)(H,27,28)(H,29,30). The number of hydrogen-bond acceptors (Lipinski definition) is 4. The Balaban J connectivity index is 1.18. The molecular formula is C25H28N2O5. The molecule has 7 heteroatoms. The van der Waals surface area contributed by atoms with Gasteiger partial charge in [-0.1, -0.05) is 55.0 Å². The van der Waals surface area contributed by atoms with Gasteiger partial charge in [0.15, 0.2) is 0 Å². The fourth-order valence-corrected chi connectivity index (χ4v) is 4.51. The Hall–Kier alpha value is -3.35. The van der Waals surface area contributed by atoms with Gasteiger partial charge in [-0.25, -0.2) is 4.79 Å². The molecule has 1 saturated carbocycles. The highest BCUT2D eigenvalue weighted by Crippen LogP contribution is 2.44. The molecule has 0 radical (unpaired) electrons. The van der Waals surface area contributed by atoms with Gasteiger partial charge < -0.3 is 20.5 Å². The number of carbonyl (C=O) groups is 3. The van der Waals surface area contributed by atoms with Crippen LogP contribution in [-0.2, 0) is 14.3 Å². The Labute approximate surface area is 187 Å². The van der Waals surface area contributed by atoms with Crippen molar-refractivity contribution in [3.8, 4) is 11.1 Å². The number of carboxylic acids is 1. The molecule has 3 N–H and O–H groups in total. The van der Waals surface area contributed by atoms with Crippen LogP contribution >= 0.6 is 0 Å². The van der Waals surface area contributed by atoms with Gasteiger partial charge in [-0.15, -0.1) is 0 Å². The van der Waals surface area contributed by atoms with Gasteiger partial charge in [0.2, 0.25) is 5.91 Å². The van der Waals surface area contributed by atoms with Gasteiger partial charge in [0.25, 0.3) is 0 Å². The maximum absolute atomic E-state index is 12.1. The number of ether oxygens (including phenoxy) is 1. The van der Waals surface area contributed by atoms with Crippen LogP contribution in [0.15, 0.2) is 48.5 Å². The molecule has 2 amide bonds. The molecule has 168 valence electrons. The molecule has 0 saturated heterocycles. The van der Waals surface area contributed by atoms with Crippen molar-refractivity contribution in [1.82, 2.24) is 10.6 Å². The summed E-state index contributed by atoms with van der Waals surface area (Å²) in [5, 5.41) is 14.7. The van der Waals surface area contributed by atoms with Crippen molar-refractivity contribution >= 4 is 18.0 Å². The van der Waals surface area contributed by atoms with Crippen LogP contribution in [0.25, 0.3) is 11.1 Å². The van der Waals surface area contributed by atoms with E-state index in [2.05, 4.69) is 34.9 Å². The van der Waals surface area contributed by atoms with E-state index in [0.29, 0.717) is 25.8 Å². The lowest BCUT2D eigenvalue weighted by atomic mass is 9.69. The zero-order valence-corrected chi connectivity index (χ0v) is 17.9. The summed E-state index contributed by atoms with van der Waals surface area (Å²) < 4.78 is 5.47. The van der Waals surface area contributed by atoms with E-state index in [9.17, 15) is 19.5 Å². The normalized spacial score (nSPS) is 15.8. The third-order valence-corrected chi connectivity index (χ3v) is 6.58. The summed E-state index contributed by atoms with van der Waals surface area (Å²) in [6.45, 7) is 0.729. The quantitative estimate of drug-likeness (QED) is 0.520. The molecule has 0 aromatic heterocycles. The van der Waals surface area contributed by atoms with Crippen LogP contribution in [0, 0.1) is 5.41 Å². The molecular weight excluding hydrogens is 408 g/mol. The van der Waals surface area contributed by atoms with Crippen molar-refractivity contribution in [2.24, 2.45) is 5.41 Å². The lowest BCUT2D eigenvalue weighted by molar-refractivity contribution is -0.154. The number of alkyl carbamates (subject to hydrolysis) is 1. The average Bonchev–Trinajstić information content (AvgIpc) is 3.08. The first-order valence-electron chi connectivity index (χ1n) is 11.1. The number of rotatable bonds is 9. The number of hydrogen-bond donors (Lipinski definition) is 3. The number of benzene rings is 2. The molecule has 32 heavy (non-hydrogen) atoms. The lowest BCUT2D eigenvalue weighted by Crippen LogP contribution is -2.47. The number of fused-ring (bicyclic) bond motifs is 3. The number of carboxylic acid groups (broad SMARTS) is 1. The maximum atomic E-state index is 12.1. The van der Waals surface area contributed by atoms with Crippen molar-refractivity contribution < 1.29 is 24.2 Å². The Morgan fingerprint density at radius 3 is 2.16 bits per heavy atom. The number of amides is 2. The molecule has 0 bridgehead atoms. The van der Waals surface area contributed by atoms with E-state index in [1.807, 2.05) is 24.3 Å². The first-order valence-corrected chi connectivity index (χ1v) is 11.1. The molecule has 2 aliphatic carbocycles. The van der Waals surface area contributed by atoms with Crippen LogP contribution in [0.1, 0.15) is 49.1 Å². The van der Waals surface area contributed by atoms with E-state index >= 15 is 0 Å². The van der Waals surface area contributed by atoms with E-state index in [0.717, 1.165) is 17.5 Å². The molecule has 7 nitrogen and oxygen atoms in total. The van der Waals surface area contributed by atoms with Gasteiger partial charge in [0, 0.05) is 25.4 Å². The lowest BCUT2D eigenvalue weighted by Gasteiger charge is -2.37. The van der Waals surface area contributed by atoms with Crippen LogP contribution in [0.4, 0.5) is 4.79 Å². The summed E-state index contributed by atoms with van der Waals surface area (Å²) in [5.41, 5.74) is 3.87. The summed E-state index contributed by atoms with van der Waals surface area (Å²) in [7, 11) is 0. The zero-order valence-electron chi connectivity index (χ0n) is 17.9. The molecule has 2 aromatic carbocycles. The molecule has 2 aromatic rings. The van der Waals surface area contributed by atoms with Crippen LogP contribution < -0.4 is 10.6 Å². The Morgan fingerprint density at radius 1 is 0.969 bits per heavy atom. The monoisotopic (exact) mass is 436 g/mol. The summed E-state index contributed by atoms with van der Waals surface area (Å²) in [4.78, 5) is 35.5. The average molecular weight is 437 g/mol. The Morgan fingerprint density at radius 2 is 1.59 bits per heavy atom. The predicted molar refractivity (Wildman–Crippen MR) is 119 cm³/mol. The zero-order chi connectivity index (χ0) is 22.6. The number of carbonyl (C=O) groups excluding carboxylic acids is 2. The van der Waals surface area contributed by atoms with Gasteiger partial charge in [0.1, 0.15) is 6.61 Å². The van der Waals surface area contributed by atoms with E-state index in [1.54, 1.807) is 0 Å². The van der Waals surface area contributed by atoms with E-state index in [4.69, 9.17) is 4.74 Å². The largest absolute Gasteiger partial charge is 0.481 e. The third-order valence-electron chi connectivity index (χ3n) is 6.58. The summed E-state index contributed by atoms with van der Waals surface area (Å²) in [5.74, 6) is -1.04. The highest BCUT2D eigenvalue weighted by atomic mass is 16.5. The summed E-state index contributed by atoms with van der Waals surface area (Å²) in [6.07, 6.45) is 2.26. The van der Waals surface area contributed by atoms with Gasteiger partial charge in [-0.2, -0.15) is 0 Å². The van der Waals surface area contributed by atoms with Crippen molar-refractivity contribution in [2.45, 2.75) is 38.0 Å². The van der Waals surface area contributed by atoms with E-state index in [-0.39, 0.29) is 31.4 Å². The molecule has 0 aliphatic heterocycles. The topological polar surface area (TPSA) is 105 Å². The van der Waals surface area contributed by atoms with Crippen LogP contribution in [0.3, 0.4) is 0 Å². The molecule has 2 aliphatic rings. The molecule has 0 heterocycles. The SMILES string of the molecule is O=C(CCCNC(=O)OCC1c2ccccc2-c2ccccc21)NCC1(C(=O)O)CCC1. The number of aliphatic carboxylic acids is 1.